The van der Waals surface area contributed by atoms with E-state index in [9.17, 15) is 0 Å². The van der Waals surface area contributed by atoms with Crippen molar-refractivity contribution in [3.8, 4) is 0 Å². The predicted molar refractivity (Wildman–Crippen MR) is 82.6 cm³/mol. The van der Waals surface area contributed by atoms with Crippen LogP contribution in [0.2, 0.25) is 0 Å². The quantitative estimate of drug-likeness (QED) is 0.739. The van der Waals surface area contributed by atoms with Gasteiger partial charge in [-0.3, -0.25) is 9.88 Å². The molecule has 0 aliphatic rings. The molecule has 0 aliphatic heterocycles. The Bertz CT molecular complexity index is 525. The first-order chi connectivity index (χ1) is 9.20. The van der Waals surface area contributed by atoms with Crippen molar-refractivity contribution in [2.75, 3.05) is 12.4 Å². The fourth-order valence-corrected chi connectivity index (χ4v) is 2.36. The smallest absolute Gasteiger partial charge is 0.0702 e. The van der Waals surface area contributed by atoms with Gasteiger partial charge in [-0.15, -0.1) is 11.6 Å². The summed E-state index contributed by atoms with van der Waals surface area (Å²) in [4.78, 5) is 6.81. The van der Waals surface area contributed by atoms with E-state index in [1.165, 1.54) is 10.9 Å². The van der Waals surface area contributed by atoms with Gasteiger partial charge in [0.25, 0.3) is 0 Å². The van der Waals surface area contributed by atoms with Crippen LogP contribution in [-0.4, -0.2) is 28.4 Å². The van der Waals surface area contributed by atoms with Gasteiger partial charge >= 0.3 is 0 Å². The average molecular weight is 277 g/mol. The minimum atomic E-state index is 0.535. The lowest BCUT2D eigenvalue weighted by molar-refractivity contribution is 0.214. The van der Waals surface area contributed by atoms with Crippen LogP contribution in [0.25, 0.3) is 10.9 Å². The number of aromatic nitrogens is 1. The molecular weight excluding hydrogens is 256 g/mol. The maximum atomic E-state index is 5.80. The third-order valence-corrected chi connectivity index (χ3v) is 3.63. The molecule has 0 saturated heterocycles. The predicted octanol–water partition coefficient (Wildman–Crippen LogP) is 4.07. The van der Waals surface area contributed by atoms with Crippen molar-refractivity contribution in [1.82, 2.24) is 9.88 Å². The van der Waals surface area contributed by atoms with Crippen LogP contribution >= 0.6 is 11.6 Å². The number of pyridine rings is 1. The van der Waals surface area contributed by atoms with Gasteiger partial charge in [0, 0.05) is 30.0 Å². The van der Waals surface area contributed by atoms with Gasteiger partial charge in [-0.05, 0) is 50.6 Å². The summed E-state index contributed by atoms with van der Waals surface area (Å²) in [6.07, 6.45) is 2.87. The molecule has 0 saturated carbocycles. The first kappa shape index (κ1) is 14.3. The summed E-state index contributed by atoms with van der Waals surface area (Å²) in [6, 6.07) is 11.1. The SMILES string of the molecule is CC(C)N(CCCCl)Cc1ccc2ncccc2c1. The van der Waals surface area contributed by atoms with Crippen molar-refractivity contribution in [1.29, 1.82) is 0 Å². The number of alkyl halides is 1. The Hall–Kier alpha value is -1.12. The van der Waals surface area contributed by atoms with E-state index < -0.39 is 0 Å². The molecule has 0 radical (unpaired) electrons. The number of halogens is 1. The minimum Gasteiger partial charge on any atom is -0.297 e. The zero-order chi connectivity index (χ0) is 13.7. The van der Waals surface area contributed by atoms with Gasteiger partial charge in [0.1, 0.15) is 0 Å². The molecule has 2 aromatic rings. The van der Waals surface area contributed by atoms with Crippen LogP contribution < -0.4 is 0 Å². The monoisotopic (exact) mass is 276 g/mol. The zero-order valence-electron chi connectivity index (χ0n) is 11.6. The van der Waals surface area contributed by atoms with Crippen LogP contribution in [0.3, 0.4) is 0 Å². The van der Waals surface area contributed by atoms with E-state index in [1.54, 1.807) is 0 Å². The maximum absolute atomic E-state index is 5.80. The van der Waals surface area contributed by atoms with Crippen LogP contribution in [0, 0.1) is 0 Å². The lowest BCUT2D eigenvalue weighted by Gasteiger charge is -2.26. The molecule has 1 aromatic carbocycles. The van der Waals surface area contributed by atoms with Crippen LogP contribution in [0.15, 0.2) is 36.5 Å². The van der Waals surface area contributed by atoms with E-state index in [1.807, 2.05) is 12.3 Å². The van der Waals surface area contributed by atoms with Crippen molar-refractivity contribution >= 4 is 22.5 Å². The summed E-state index contributed by atoms with van der Waals surface area (Å²) in [5, 5.41) is 1.21. The van der Waals surface area contributed by atoms with E-state index in [2.05, 4.69) is 48.0 Å². The number of rotatable bonds is 6. The summed E-state index contributed by atoms with van der Waals surface area (Å²) in [6.45, 7) is 6.49. The molecule has 0 spiro atoms. The molecule has 0 bridgehead atoms. The molecule has 0 fully saturated rings. The van der Waals surface area contributed by atoms with Crippen molar-refractivity contribution < 1.29 is 0 Å². The van der Waals surface area contributed by atoms with Crippen LogP contribution in [0.5, 0.6) is 0 Å². The molecule has 0 N–H and O–H groups in total. The van der Waals surface area contributed by atoms with Gasteiger partial charge in [0.15, 0.2) is 0 Å². The summed E-state index contributed by atoms with van der Waals surface area (Å²) < 4.78 is 0. The van der Waals surface area contributed by atoms with Gasteiger partial charge in [0.2, 0.25) is 0 Å². The summed E-state index contributed by atoms with van der Waals surface area (Å²) >= 11 is 5.80. The fraction of sp³-hybridized carbons (Fsp3) is 0.438. The Labute approximate surface area is 120 Å². The Morgan fingerprint density at radius 2 is 2.11 bits per heavy atom. The second-order valence-electron chi connectivity index (χ2n) is 5.14. The molecule has 2 rings (SSSR count). The summed E-state index contributed by atoms with van der Waals surface area (Å²) in [5.41, 5.74) is 2.40. The largest absolute Gasteiger partial charge is 0.297 e. The molecule has 19 heavy (non-hydrogen) atoms. The Morgan fingerprint density at radius 3 is 2.84 bits per heavy atom. The molecule has 3 heteroatoms. The first-order valence-corrected chi connectivity index (χ1v) is 7.38. The van der Waals surface area contributed by atoms with Crippen LogP contribution in [-0.2, 0) is 6.54 Å². The van der Waals surface area contributed by atoms with Gasteiger partial charge in [-0.2, -0.15) is 0 Å². The molecule has 0 aliphatic carbocycles. The lowest BCUT2D eigenvalue weighted by Crippen LogP contribution is -2.31. The number of hydrogen-bond acceptors (Lipinski definition) is 2. The second kappa shape index (κ2) is 6.88. The normalized spacial score (nSPS) is 11.6. The summed E-state index contributed by atoms with van der Waals surface area (Å²) in [5.74, 6) is 0.727. The molecular formula is C16H21ClN2. The maximum Gasteiger partial charge on any atom is 0.0702 e. The first-order valence-electron chi connectivity index (χ1n) is 6.84. The van der Waals surface area contributed by atoms with Crippen molar-refractivity contribution in [2.45, 2.75) is 32.9 Å². The molecule has 0 unspecified atom stereocenters. The van der Waals surface area contributed by atoms with E-state index in [0.29, 0.717) is 6.04 Å². The van der Waals surface area contributed by atoms with Gasteiger partial charge in [0.05, 0.1) is 5.52 Å². The number of benzene rings is 1. The molecule has 2 nitrogen and oxygen atoms in total. The van der Waals surface area contributed by atoms with Crippen molar-refractivity contribution in [2.24, 2.45) is 0 Å². The standard InChI is InChI=1S/C16H21ClN2/c1-13(2)19(10-4-8-17)12-14-6-7-16-15(11-14)5-3-9-18-16/h3,5-7,9,11,13H,4,8,10,12H2,1-2H3. The van der Waals surface area contributed by atoms with Gasteiger partial charge < -0.3 is 0 Å². The third kappa shape index (κ3) is 3.92. The Kier molecular flexibility index (Phi) is 5.17. The van der Waals surface area contributed by atoms with Crippen molar-refractivity contribution in [3.05, 3.63) is 42.1 Å². The fourth-order valence-electron chi connectivity index (χ4n) is 2.24. The Balaban J connectivity index is 2.14. The van der Waals surface area contributed by atoms with Gasteiger partial charge in [-0.25, -0.2) is 0 Å². The topological polar surface area (TPSA) is 16.1 Å². The van der Waals surface area contributed by atoms with E-state index in [0.717, 1.165) is 30.9 Å². The Morgan fingerprint density at radius 1 is 1.26 bits per heavy atom. The lowest BCUT2D eigenvalue weighted by atomic mass is 10.1. The number of nitrogens with zero attached hydrogens (tertiary/aromatic N) is 2. The molecule has 1 heterocycles. The van der Waals surface area contributed by atoms with Crippen LogP contribution in [0.1, 0.15) is 25.8 Å². The highest BCUT2D eigenvalue weighted by atomic mass is 35.5. The van der Waals surface area contributed by atoms with Crippen LogP contribution in [0.4, 0.5) is 0 Å². The average Bonchev–Trinajstić information content (AvgIpc) is 2.43. The highest BCUT2D eigenvalue weighted by Crippen LogP contribution is 2.16. The van der Waals surface area contributed by atoms with Gasteiger partial charge in [-0.1, -0.05) is 12.1 Å². The highest BCUT2D eigenvalue weighted by molar-refractivity contribution is 6.17. The molecule has 0 atom stereocenters. The molecule has 1 aromatic heterocycles. The highest BCUT2D eigenvalue weighted by Gasteiger charge is 2.10. The minimum absolute atomic E-state index is 0.535. The zero-order valence-corrected chi connectivity index (χ0v) is 12.4. The number of fused-ring (bicyclic) bond motifs is 1. The molecule has 0 amide bonds. The van der Waals surface area contributed by atoms with E-state index in [-0.39, 0.29) is 0 Å². The third-order valence-electron chi connectivity index (χ3n) is 3.36. The van der Waals surface area contributed by atoms with E-state index >= 15 is 0 Å². The van der Waals surface area contributed by atoms with Crippen molar-refractivity contribution in [3.63, 3.8) is 0 Å². The molecule has 102 valence electrons. The van der Waals surface area contributed by atoms with E-state index in [4.69, 9.17) is 11.6 Å². The summed E-state index contributed by atoms with van der Waals surface area (Å²) in [7, 11) is 0. The second-order valence-corrected chi connectivity index (χ2v) is 5.52. The number of hydrogen-bond donors (Lipinski definition) is 0.